The van der Waals surface area contributed by atoms with E-state index >= 15 is 0 Å². The van der Waals surface area contributed by atoms with Crippen LogP contribution < -0.4 is 4.74 Å². The third-order valence-electron chi connectivity index (χ3n) is 5.38. The van der Waals surface area contributed by atoms with Gasteiger partial charge in [-0.05, 0) is 23.3 Å². The molecule has 150 valence electrons. The molecule has 0 spiro atoms. The van der Waals surface area contributed by atoms with E-state index < -0.39 is 10.5 Å². The van der Waals surface area contributed by atoms with Gasteiger partial charge in [0.1, 0.15) is 24.5 Å². The van der Waals surface area contributed by atoms with Crippen molar-refractivity contribution in [3.8, 4) is 5.75 Å². The van der Waals surface area contributed by atoms with Gasteiger partial charge in [-0.3, -0.25) is 19.6 Å². The third-order valence-corrected chi connectivity index (χ3v) is 5.38. The Morgan fingerprint density at radius 3 is 2.76 bits per heavy atom. The van der Waals surface area contributed by atoms with E-state index in [2.05, 4.69) is 10.1 Å². The Morgan fingerprint density at radius 1 is 1.31 bits per heavy atom. The topological polar surface area (TPSA) is 95.5 Å². The van der Waals surface area contributed by atoms with Gasteiger partial charge in [-0.25, -0.2) is 4.98 Å². The molecule has 0 saturated carbocycles. The maximum atomic E-state index is 11.2. The van der Waals surface area contributed by atoms with E-state index in [0.717, 1.165) is 16.9 Å². The van der Waals surface area contributed by atoms with Gasteiger partial charge in [0.25, 0.3) is 5.69 Å². The van der Waals surface area contributed by atoms with Gasteiger partial charge in [-0.2, -0.15) is 10.2 Å². The van der Waals surface area contributed by atoms with Crippen LogP contribution in [-0.4, -0.2) is 38.9 Å². The minimum Gasteiger partial charge on any atom is -0.497 e. The number of benzene rings is 2. The number of non-ortho nitro benzene ring substituents is 1. The number of hydrogen-bond acceptors (Lipinski definition) is 7. The highest BCUT2D eigenvalue weighted by Gasteiger charge is 2.48. The predicted octanol–water partition coefficient (Wildman–Crippen LogP) is 3.10. The number of hydroxylamine groups is 2. The summed E-state index contributed by atoms with van der Waals surface area (Å²) in [5.41, 5.74) is 1.31. The Morgan fingerprint density at radius 2 is 2.10 bits per heavy atom. The van der Waals surface area contributed by atoms with Gasteiger partial charge in [-0.15, -0.1) is 0 Å². The molecule has 9 nitrogen and oxygen atoms in total. The van der Waals surface area contributed by atoms with Gasteiger partial charge in [0, 0.05) is 25.6 Å². The first-order chi connectivity index (χ1) is 14.0. The molecular weight excluding hydrogens is 374 g/mol. The van der Waals surface area contributed by atoms with Crippen molar-refractivity contribution in [2.24, 2.45) is 0 Å². The molecule has 2 aromatic carbocycles. The van der Waals surface area contributed by atoms with E-state index in [1.165, 1.54) is 12.4 Å². The number of rotatable bonds is 6. The molecule has 1 aliphatic heterocycles. The van der Waals surface area contributed by atoms with Gasteiger partial charge in [0.2, 0.25) is 0 Å². The number of nitro groups is 1. The fourth-order valence-electron chi connectivity index (χ4n) is 3.82. The molecule has 0 aliphatic carbocycles. The average Bonchev–Trinajstić information content (AvgIpc) is 3.37. The highest BCUT2D eigenvalue weighted by molar-refractivity contribution is 5.37. The zero-order chi connectivity index (χ0) is 20.4. The number of hydrogen-bond donors (Lipinski definition) is 0. The molecule has 2 heterocycles. The smallest absolute Gasteiger partial charge is 0.269 e. The van der Waals surface area contributed by atoms with Crippen molar-refractivity contribution in [1.29, 1.82) is 0 Å². The molecule has 3 aromatic rings. The second-order valence-corrected chi connectivity index (χ2v) is 7.00. The van der Waals surface area contributed by atoms with Crippen LogP contribution in [0.4, 0.5) is 5.69 Å². The van der Waals surface area contributed by atoms with Crippen molar-refractivity contribution in [2.45, 2.75) is 24.6 Å². The van der Waals surface area contributed by atoms with Gasteiger partial charge in [-0.1, -0.05) is 24.3 Å². The fourth-order valence-corrected chi connectivity index (χ4v) is 3.82. The summed E-state index contributed by atoms with van der Waals surface area (Å²) in [5.74, 6) is 0.765. The normalized spacial score (nSPS) is 21.9. The molecule has 9 heteroatoms. The first-order valence-corrected chi connectivity index (χ1v) is 9.14. The summed E-state index contributed by atoms with van der Waals surface area (Å²) in [6.45, 7) is 0.515. The molecule has 1 aliphatic rings. The van der Waals surface area contributed by atoms with Gasteiger partial charge in [0.05, 0.1) is 24.1 Å². The number of nitro benzene ring substituents is 1. The number of ether oxygens (including phenoxy) is 1. The van der Waals surface area contributed by atoms with Crippen molar-refractivity contribution in [1.82, 2.24) is 19.8 Å². The zero-order valence-electron chi connectivity index (χ0n) is 16.1. The average molecular weight is 395 g/mol. The summed E-state index contributed by atoms with van der Waals surface area (Å²) in [5, 5.41) is 17.3. The summed E-state index contributed by atoms with van der Waals surface area (Å²) >= 11 is 0. The lowest BCUT2D eigenvalue weighted by atomic mass is 9.83. The Hall–Kier alpha value is -3.30. The lowest BCUT2D eigenvalue weighted by molar-refractivity contribution is -0.385. The van der Waals surface area contributed by atoms with Crippen LogP contribution in [0, 0.1) is 10.1 Å². The Bertz CT molecular complexity index is 992. The van der Waals surface area contributed by atoms with E-state index in [0.29, 0.717) is 13.0 Å². The van der Waals surface area contributed by atoms with Gasteiger partial charge >= 0.3 is 0 Å². The molecular formula is C20H21N5O4. The van der Waals surface area contributed by atoms with Crippen LogP contribution in [0.15, 0.2) is 61.2 Å². The summed E-state index contributed by atoms with van der Waals surface area (Å²) in [6, 6.07) is 14.4. The number of aromatic nitrogens is 3. The molecule has 1 fully saturated rings. The van der Waals surface area contributed by atoms with Crippen LogP contribution in [0.1, 0.15) is 23.7 Å². The van der Waals surface area contributed by atoms with Crippen LogP contribution in [0.2, 0.25) is 0 Å². The minimum absolute atomic E-state index is 0.0481. The molecule has 2 atom stereocenters. The Labute approximate surface area is 167 Å². The lowest BCUT2D eigenvalue weighted by Crippen LogP contribution is -2.41. The van der Waals surface area contributed by atoms with Crippen molar-refractivity contribution in [3.63, 3.8) is 0 Å². The van der Waals surface area contributed by atoms with Crippen LogP contribution >= 0.6 is 0 Å². The highest BCUT2D eigenvalue weighted by Crippen LogP contribution is 2.47. The van der Waals surface area contributed by atoms with Crippen LogP contribution in [0.5, 0.6) is 5.75 Å². The third kappa shape index (κ3) is 3.57. The number of likely N-dealkylation sites (N-methyl/N-ethyl adjacent to an activating group) is 1. The summed E-state index contributed by atoms with van der Waals surface area (Å²) in [4.78, 5) is 21.0. The van der Waals surface area contributed by atoms with Gasteiger partial charge in [0.15, 0.2) is 0 Å². The summed E-state index contributed by atoms with van der Waals surface area (Å²) in [7, 11) is 3.50. The largest absolute Gasteiger partial charge is 0.497 e. The van der Waals surface area contributed by atoms with Crippen LogP contribution in [0.25, 0.3) is 0 Å². The van der Waals surface area contributed by atoms with Crippen molar-refractivity contribution >= 4 is 5.69 Å². The maximum Gasteiger partial charge on any atom is 0.269 e. The minimum atomic E-state index is -0.532. The standard InChI is InChI=1S/C20H21N5O4/c1-23-20(12-24-14-21-13-22-24,16-6-8-18(28-2)9-7-16)11-19(29-23)15-4-3-5-17(10-15)25(26)27/h3-10,13-14,19H,11-12H2,1-2H3. The Balaban J connectivity index is 1.72. The first kappa shape index (κ1) is 19.0. The molecule has 1 aromatic heterocycles. The fraction of sp³-hybridized carbons (Fsp3) is 0.300. The first-order valence-electron chi connectivity index (χ1n) is 9.14. The molecule has 1 saturated heterocycles. The molecule has 2 unspecified atom stereocenters. The SMILES string of the molecule is COc1ccc(C2(Cn3cncn3)CC(c3cccc([N+](=O)[O-])c3)ON2C)cc1. The van der Waals surface area contributed by atoms with E-state index in [1.807, 2.05) is 42.4 Å². The molecule has 29 heavy (non-hydrogen) atoms. The van der Waals surface area contributed by atoms with E-state index in [-0.39, 0.29) is 11.8 Å². The summed E-state index contributed by atoms with van der Waals surface area (Å²) < 4.78 is 7.05. The number of methoxy groups -OCH3 is 1. The monoisotopic (exact) mass is 395 g/mol. The van der Waals surface area contributed by atoms with E-state index in [1.54, 1.807) is 30.3 Å². The van der Waals surface area contributed by atoms with Crippen molar-refractivity contribution in [3.05, 3.63) is 82.4 Å². The van der Waals surface area contributed by atoms with Crippen LogP contribution in [-0.2, 0) is 16.9 Å². The second-order valence-electron chi connectivity index (χ2n) is 7.00. The molecule has 0 amide bonds. The van der Waals surface area contributed by atoms with E-state index in [9.17, 15) is 10.1 Å². The molecule has 0 radical (unpaired) electrons. The lowest BCUT2D eigenvalue weighted by Gasteiger charge is -2.34. The summed E-state index contributed by atoms with van der Waals surface area (Å²) in [6.07, 6.45) is 3.43. The molecule has 0 bridgehead atoms. The Kier molecular flexibility index (Phi) is 4.99. The number of nitrogens with zero attached hydrogens (tertiary/aromatic N) is 5. The zero-order valence-corrected chi connectivity index (χ0v) is 16.1. The second kappa shape index (κ2) is 7.61. The molecule has 4 rings (SSSR count). The quantitative estimate of drug-likeness (QED) is 0.467. The highest BCUT2D eigenvalue weighted by atomic mass is 16.7. The van der Waals surface area contributed by atoms with Crippen molar-refractivity contribution in [2.75, 3.05) is 14.2 Å². The predicted molar refractivity (Wildman–Crippen MR) is 104 cm³/mol. The van der Waals surface area contributed by atoms with Crippen molar-refractivity contribution < 1.29 is 14.5 Å². The maximum absolute atomic E-state index is 11.2. The molecule has 0 N–H and O–H groups in total. The van der Waals surface area contributed by atoms with Gasteiger partial charge < -0.3 is 4.74 Å². The van der Waals surface area contributed by atoms with E-state index in [4.69, 9.17) is 9.57 Å². The van der Waals surface area contributed by atoms with Crippen LogP contribution in [0.3, 0.4) is 0 Å².